The van der Waals surface area contributed by atoms with Gasteiger partial charge in [-0.1, -0.05) is 17.7 Å². The normalized spacial score (nSPS) is 11.2. The highest BCUT2D eigenvalue weighted by atomic mass is 35.5. The molecule has 0 fully saturated rings. The van der Waals surface area contributed by atoms with Crippen LogP contribution in [0, 0.1) is 0 Å². The zero-order chi connectivity index (χ0) is 16.9. The van der Waals surface area contributed by atoms with Gasteiger partial charge < -0.3 is 10.2 Å². The van der Waals surface area contributed by atoms with Crippen LogP contribution in [0.1, 0.15) is 6.42 Å². The van der Waals surface area contributed by atoms with Gasteiger partial charge in [-0.15, -0.1) is 0 Å². The third-order valence-corrected chi connectivity index (χ3v) is 3.84. The highest BCUT2D eigenvalue weighted by Crippen LogP contribution is 2.26. The SMILES string of the molecule is CN(C)CCCNc1nc2cc(Cl)ccc2nc1-c1ccccn1. The van der Waals surface area contributed by atoms with Crippen molar-refractivity contribution >= 4 is 28.5 Å². The van der Waals surface area contributed by atoms with Crippen LogP contribution in [0.4, 0.5) is 5.82 Å². The third kappa shape index (κ3) is 3.99. The van der Waals surface area contributed by atoms with Gasteiger partial charge in [0.25, 0.3) is 0 Å². The number of pyridine rings is 1. The molecule has 0 amide bonds. The van der Waals surface area contributed by atoms with Gasteiger partial charge >= 0.3 is 0 Å². The molecule has 6 heteroatoms. The second-order valence-electron chi connectivity index (χ2n) is 5.85. The average molecular weight is 342 g/mol. The molecule has 0 saturated carbocycles. The number of fused-ring (bicyclic) bond motifs is 1. The van der Waals surface area contributed by atoms with E-state index in [0.717, 1.165) is 47.7 Å². The molecule has 0 aliphatic heterocycles. The van der Waals surface area contributed by atoms with Crippen molar-refractivity contribution < 1.29 is 0 Å². The average Bonchev–Trinajstić information content (AvgIpc) is 2.58. The van der Waals surface area contributed by atoms with Crippen LogP contribution in [0.3, 0.4) is 0 Å². The fourth-order valence-corrected chi connectivity index (χ4v) is 2.60. The molecule has 0 bridgehead atoms. The summed E-state index contributed by atoms with van der Waals surface area (Å²) in [5, 5.41) is 4.05. The van der Waals surface area contributed by atoms with Gasteiger partial charge in [0.15, 0.2) is 5.82 Å². The van der Waals surface area contributed by atoms with Gasteiger partial charge in [-0.05, 0) is 57.4 Å². The van der Waals surface area contributed by atoms with E-state index in [9.17, 15) is 0 Å². The molecular formula is C18H20ClN5. The molecule has 5 nitrogen and oxygen atoms in total. The van der Waals surface area contributed by atoms with Gasteiger partial charge in [0.05, 0.1) is 16.7 Å². The predicted molar refractivity (Wildman–Crippen MR) is 99.4 cm³/mol. The van der Waals surface area contributed by atoms with Crippen LogP contribution >= 0.6 is 11.6 Å². The third-order valence-electron chi connectivity index (χ3n) is 3.61. The van der Waals surface area contributed by atoms with E-state index in [1.165, 1.54) is 0 Å². The van der Waals surface area contributed by atoms with E-state index < -0.39 is 0 Å². The Morgan fingerprint density at radius 2 is 1.96 bits per heavy atom. The summed E-state index contributed by atoms with van der Waals surface area (Å²) in [6.45, 7) is 1.83. The zero-order valence-electron chi connectivity index (χ0n) is 13.8. The van der Waals surface area contributed by atoms with Crippen LogP contribution in [-0.4, -0.2) is 47.0 Å². The number of hydrogen-bond acceptors (Lipinski definition) is 5. The van der Waals surface area contributed by atoms with Crippen LogP contribution in [-0.2, 0) is 0 Å². The Morgan fingerprint density at radius 3 is 2.71 bits per heavy atom. The van der Waals surface area contributed by atoms with E-state index in [-0.39, 0.29) is 0 Å². The zero-order valence-corrected chi connectivity index (χ0v) is 14.6. The fraction of sp³-hybridized carbons (Fsp3) is 0.278. The first-order chi connectivity index (χ1) is 11.6. The Morgan fingerprint density at radius 1 is 1.08 bits per heavy atom. The number of benzene rings is 1. The van der Waals surface area contributed by atoms with E-state index in [1.54, 1.807) is 6.20 Å². The summed E-state index contributed by atoms with van der Waals surface area (Å²) in [7, 11) is 4.13. The van der Waals surface area contributed by atoms with Crippen molar-refractivity contribution in [3.8, 4) is 11.4 Å². The van der Waals surface area contributed by atoms with Gasteiger partial charge in [-0.25, -0.2) is 9.97 Å². The Balaban J connectivity index is 1.96. The minimum atomic E-state index is 0.654. The molecule has 3 rings (SSSR count). The number of nitrogens with one attached hydrogen (secondary N) is 1. The van der Waals surface area contributed by atoms with Crippen LogP contribution in [0.2, 0.25) is 5.02 Å². The van der Waals surface area contributed by atoms with Crippen molar-refractivity contribution in [3.63, 3.8) is 0 Å². The standard InChI is InChI=1S/C18H20ClN5/c1-24(2)11-5-10-21-18-17(15-6-3-4-9-20-15)22-14-8-7-13(19)12-16(14)23-18/h3-4,6-9,12H,5,10-11H2,1-2H3,(H,21,23). The summed E-state index contributed by atoms with van der Waals surface area (Å²) in [4.78, 5) is 16.0. The number of halogens is 1. The lowest BCUT2D eigenvalue weighted by atomic mass is 10.2. The lowest BCUT2D eigenvalue weighted by Crippen LogP contribution is -2.17. The molecule has 0 unspecified atom stereocenters. The molecular weight excluding hydrogens is 322 g/mol. The maximum atomic E-state index is 6.08. The molecule has 0 aliphatic rings. The number of nitrogens with zero attached hydrogens (tertiary/aromatic N) is 4. The second-order valence-corrected chi connectivity index (χ2v) is 6.29. The lowest BCUT2D eigenvalue weighted by Gasteiger charge is -2.13. The van der Waals surface area contributed by atoms with Gasteiger partial charge in [-0.3, -0.25) is 4.98 Å². The molecule has 0 radical (unpaired) electrons. The molecule has 0 aliphatic carbocycles. The molecule has 3 aromatic rings. The van der Waals surface area contributed by atoms with Gasteiger partial charge in [0, 0.05) is 17.8 Å². The maximum absolute atomic E-state index is 6.08. The van der Waals surface area contributed by atoms with Crippen molar-refractivity contribution in [1.29, 1.82) is 0 Å². The van der Waals surface area contributed by atoms with Crippen molar-refractivity contribution in [2.24, 2.45) is 0 Å². The number of aromatic nitrogens is 3. The van der Waals surface area contributed by atoms with E-state index in [2.05, 4.69) is 29.3 Å². The van der Waals surface area contributed by atoms with Crippen molar-refractivity contribution in [3.05, 3.63) is 47.6 Å². The fourth-order valence-electron chi connectivity index (χ4n) is 2.43. The summed E-state index contributed by atoms with van der Waals surface area (Å²) in [6.07, 6.45) is 2.78. The number of rotatable bonds is 6. The second kappa shape index (κ2) is 7.55. The van der Waals surface area contributed by atoms with Gasteiger partial charge in [0.2, 0.25) is 0 Å². The van der Waals surface area contributed by atoms with Gasteiger partial charge in [-0.2, -0.15) is 0 Å². The van der Waals surface area contributed by atoms with Crippen molar-refractivity contribution in [1.82, 2.24) is 19.9 Å². The molecule has 1 N–H and O–H groups in total. The van der Waals surface area contributed by atoms with E-state index in [0.29, 0.717) is 5.02 Å². The molecule has 2 heterocycles. The first-order valence-corrected chi connectivity index (χ1v) is 8.28. The molecule has 1 aromatic carbocycles. The summed E-state index contributed by atoms with van der Waals surface area (Å²) >= 11 is 6.08. The molecule has 24 heavy (non-hydrogen) atoms. The first-order valence-electron chi connectivity index (χ1n) is 7.91. The minimum absolute atomic E-state index is 0.654. The highest BCUT2D eigenvalue weighted by Gasteiger charge is 2.12. The minimum Gasteiger partial charge on any atom is -0.368 e. The summed E-state index contributed by atoms with van der Waals surface area (Å²) < 4.78 is 0. The quantitative estimate of drug-likeness (QED) is 0.693. The van der Waals surface area contributed by atoms with Crippen molar-refractivity contribution in [2.75, 3.05) is 32.5 Å². The molecule has 0 atom stereocenters. The Labute approximate surface area is 146 Å². The topological polar surface area (TPSA) is 53.9 Å². The predicted octanol–water partition coefficient (Wildman–Crippen LogP) is 3.71. The van der Waals surface area contributed by atoms with E-state index >= 15 is 0 Å². The van der Waals surface area contributed by atoms with Crippen LogP contribution in [0.25, 0.3) is 22.4 Å². The molecule has 124 valence electrons. The first kappa shape index (κ1) is 16.6. The van der Waals surface area contributed by atoms with Gasteiger partial charge in [0.1, 0.15) is 5.69 Å². The smallest absolute Gasteiger partial charge is 0.154 e. The highest BCUT2D eigenvalue weighted by molar-refractivity contribution is 6.31. The van der Waals surface area contributed by atoms with Crippen LogP contribution in [0.5, 0.6) is 0 Å². The van der Waals surface area contributed by atoms with Crippen molar-refractivity contribution in [2.45, 2.75) is 6.42 Å². The lowest BCUT2D eigenvalue weighted by molar-refractivity contribution is 0.405. The monoisotopic (exact) mass is 341 g/mol. The van der Waals surface area contributed by atoms with Crippen LogP contribution in [0.15, 0.2) is 42.6 Å². The Hall–Kier alpha value is -2.24. The summed E-state index contributed by atoms with van der Waals surface area (Å²) in [6, 6.07) is 11.3. The Bertz CT molecular complexity index is 820. The van der Waals surface area contributed by atoms with Crippen LogP contribution < -0.4 is 5.32 Å². The Kier molecular flexibility index (Phi) is 5.23. The number of hydrogen-bond donors (Lipinski definition) is 1. The van der Waals surface area contributed by atoms with E-state index in [4.69, 9.17) is 21.6 Å². The molecule has 0 saturated heterocycles. The van der Waals surface area contributed by atoms with E-state index in [1.807, 2.05) is 36.4 Å². The summed E-state index contributed by atoms with van der Waals surface area (Å²) in [5.74, 6) is 0.738. The molecule has 0 spiro atoms. The largest absolute Gasteiger partial charge is 0.368 e. The summed E-state index contributed by atoms with van der Waals surface area (Å²) in [5.41, 5.74) is 3.14. The number of anilines is 1. The molecule has 2 aromatic heterocycles. The maximum Gasteiger partial charge on any atom is 0.154 e.